The van der Waals surface area contributed by atoms with E-state index in [1.54, 1.807) is 0 Å². The Kier molecular flexibility index (Phi) is 8.71. The third-order valence-corrected chi connectivity index (χ3v) is 3.88. The maximum absolute atomic E-state index is 8.30. The predicted octanol–water partition coefficient (Wildman–Crippen LogP) is 4.20. The molecule has 5 nitrogen and oxygen atoms in total. The van der Waals surface area contributed by atoms with Gasteiger partial charge in [-0.3, -0.25) is 0 Å². The molecular weight excluding hydrogens is 241 g/mol. The molecule has 0 heterocycles. The van der Waals surface area contributed by atoms with Gasteiger partial charge in [0.05, 0.1) is 0 Å². The third kappa shape index (κ3) is 5.85. The number of hydrogen-bond acceptors (Lipinski definition) is 3. The topological polar surface area (TPSA) is 67.2 Å². The first-order valence-electron chi connectivity index (χ1n) is 7.57. The summed E-state index contributed by atoms with van der Waals surface area (Å²) in [5.74, 6) is 1.14. The largest absolute Gasteiger partial charge is 0.460 e. The fraction of sp³-hybridized carbons (Fsp3) is 1.00. The van der Waals surface area contributed by atoms with Crippen LogP contribution < -0.4 is 0 Å². The van der Waals surface area contributed by atoms with Gasteiger partial charge in [0, 0.05) is 24.7 Å². The minimum atomic E-state index is -0.0558. The van der Waals surface area contributed by atoms with Crippen LogP contribution in [0.25, 0.3) is 10.4 Å². The molecule has 0 unspecified atom stereocenters. The summed E-state index contributed by atoms with van der Waals surface area (Å²) in [6, 6.07) is 0. The van der Waals surface area contributed by atoms with E-state index in [0.29, 0.717) is 31.5 Å². The lowest BCUT2D eigenvalue weighted by Gasteiger charge is -2.34. The minimum Gasteiger partial charge on any atom is -0.411 e. The maximum Gasteiger partial charge on any atom is 0.460 e. The number of azide groups is 1. The molecule has 0 aliphatic heterocycles. The molecule has 0 spiro atoms. The Morgan fingerprint density at radius 2 is 1.89 bits per heavy atom. The summed E-state index contributed by atoms with van der Waals surface area (Å²) in [6.07, 6.45) is 7.09. The molecular formula is C13H26BN3O2. The average Bonchev–Trinajstić information content (AvgIpc) is 2.44. The van der Waals surface area contributed by atoms with Crippen LogP contribution in [0.5, 0.6) is 0 Å². The first kappa shape index (κ1) is 16.3. The number of hydrogen-bond donors (Lipinski definition) is 0. The Labute approximate surface area is 116 Å². The van der Waals surface area contributed by atoms with Crippen LogP contribution in [0.15, 0.2) is 5.11 Å². The van der Waals surface area contributed by atoms with Crippen LogP contribution in [-0.4, -0.2) is 26.9 Å². The van der Waals surface area contributed by atoms with Gasteiger partial charge in [-0.15, -0.1) is 0 Å². The second-order valence-corrected chi connectivity index (χ2v) is 5.08. The van der Waals surface area contributed by atoms with E-state index in [1.807, 2.05) is 13.8 Å². The van der Waals surface area contributed by atoms with Crippen LogP contribution in [0, 0.1) is 5.92 Å². The maximum atomic E-state index is 8.30. The predicted molar refractivity (Wildman–Crippen MR) is 78.0 cm³/mol. The molecule has 1 aliphatic rings. The summed E-state index contributed by atoms with van der Waals surface area (Å²) in [5, 5.41) is 3.62. The molecule has 2 atom stereocenters. The average molecular weight is 267 g/mol. The van der Waals surface area contributed by atoms with Gasteiger partial charge in [0.15, 0.2) is 0 Å². The second-order valence-electron chi connectivity index (χ2n) is 5.08. The highest BCUT2D eigenvalue weighted by Gasteiger charge is 2.37. The molecule has 0 N–H and O–H groups in total. The SMILES string of the molecule is CCOB(OCC)[C@H]1CCCC[C@@H]1CCCN=[N+]=[N-]. The molecule has 1 aliphatic carbocycles. The van der Waals surface area contributed by atoms with Crippen LogP contribution in [0.4, 0.5) is 0 Å². The minimum absolute atomic E-state index is 0.0558. The van der Waals surface area contributed by atoms with E-state index < -0.39 is 0 Å². The molecule has 6 heteroatoms. The third-order valence-electron chi connectivity index (χ3n) is 3.88. The molecule has 0 bridgehead atoms. The van der Waals surface area contributed by atoms with Crippen molar-refractivity contribution in [2.45, 2.75) is 58.2 Å². The molecule has 0 radical (unpaired) electrons. The smallest absolute Gasteiger partial charge is 0.411 e. The summed E-state index contributed by atoms with van der Waals surface area (Å²) < 4.78 is 11.6. The van der Waals surface area contributed by atoms with Crippen molar-refractivity contribution in [1.29, 1.82) is 0 Å². The lowest BCUT2D eigenvalue weighted by molar-refractivity contribution is 0.177. The van der Waals surface area contributed by atoms with E-state index in [2.05, 4.69) is 10.0 Å². The zero-order valence-electron chi connectivity index (χ0n) is 12.3. The van der Waals surface area contributed by atoms with Gasteiger partial charge in [-0.05, 0) is 37.5 Å². The van der Waals surface area contributed by atoms with Crippen molar-refractivity contribution in [3.63, 3.8) is 0 Å². The number of rotatable bonds is 9. The van der Waals surface area contributed by atoms with Crippen molar-refractivity contribution >= 4 is 7.12 Å². The fourth-order valence-corrected chi connectivity index (χ4v) is 3.05. The summed E-state index contributed by atoms with van der Waals surface area (Å²) in [7, 11) is -0.0558. The van der Waals surface area contributed by atoms with Gasteiger partial charge in [0.25, 0.3) is 0 Å². The molecule has 1 fully saturated rings. The van der Waals surface area contributed by atoms with Gasteiger partial charge in [-0.1, -0.05) is 37.2 Å². The van der Waals surface area contributed by atoms with E-state index in [4.69, 9.17) is 14.8 Å². The van der Waals surface area contributed by atoms with E-state index >= 15 is 0 Å². The van der Waals surface area contributed by atoms with Crippen molar-refractivity contribution in [3.05, 3.63) is 10.4 Å². The molecule has 19 heavy (non-hydrogen) atoms. The van der Waals surface area contributed by atoms with E-state index in [0.717, 1.165) is 12.8 Å². The zero-order chi connectivity index (χ0) is 13.9. The molecule has 0 amide bonds. The first-order chi connectivity index (χ1) is 9.33. The molecule has 1 saturated carbocycles. The van der Waals surface area contributed by atoms with Gasteiger partial charge >= 0.3 is 7.12 Å². The second kappa shape index (κ2) is 10.1. The van der Waals surface area contributed by atoms with Gasteiger partial charge in [-0.2, -0.15) is 0 Å². The van der Waals surface area contributed by atoms with Crippen LogP contribution in [-0.2, 0) is 9.31 Å². The lowest BCUT2D eigenvalue weighted by atomic mass is 9.58. The Bertz CT molecular complexity index is 279. The molecule has 0 aromatic rings. The Hall–Kier alpha value is -0.705. The molecule has 108 valence electrons. The van der Waals surface area contributed by atoms with Crippen LogP contribution >= 0.6 is 0 Å². The molecule has 1 rings (SSSR count). The van der Waals surface area contributed by atoms with Crippen LogP contribution in [0.1, 0.15) is 52.4 Å². The van der Waals surface area contributed by atoms with Gasteiger partial charge < -0.3 is 9.31 Å². The Morgan fingerprint density at radius 3 is 2.53 bits per heavy atom. The van der Waals surface area contributed by atoms with Gasteiger partial charge in [0.1, 0.15) is 0 Å². The van der Waals surface area contributed by atoms with E-state index in [9.17, 15) is 0 Å². The lowest BCUT2D eigenvalue weighted by Crippen LogP contribution is -2.35. The van der Waals surface area contributed by atoms with Crippen molar-refractivity contribution in [2.24, 2.45) is 11.0 Å². The van der Waals surface area contributed by atoms with Gasteiger partial charge in [0.2, 0.25) is 0 Å². The summed E-state index contributed by atoms with van der Waals surface area (Å²) >= 11 is 0. The zero-order valence-corrected chi connectivity index (χ0v) is 12.3. The monoisotopic (exact) mass is 267 g/mol. The standard InChI is InChI=1S/C13H26BN3O2/c1-3-18-14(19-4-2)13-10-6-5-8-12(13)9-7-11-16-17-15/h12-13H,3-11H2,1-2H3/t12-,13+/m1/s1. The van der Waals surface area contributed by atoms with Crippen molar-refractivity contribution in [1.82, 2.24) is 0 Å². The van der Waals surface area contributed by atoms with Gasteiger partial charge in [-0.25, -0.2) is 0 Å². The fourth-order valence-electron chi connectivity index (χ4n) is 3.05. The highest BCUT2D eigenvalue weighted by Crippen LogP contribution is 2.40. The van der Waals surface area contributed by atoms with E-state index in [-0.39, 0.29) is 7.12 Å². The van der Waals surface area contributed by atoms with Crippen LogP contribution in [0.2, 0.25) is 5.82 Å². The van der Waals surface area contributed by atoms with E-state index in [1.165, 1.54) is 25.7 Å². The first-order valence-corrected chi connectivity index (χ1v) is 7.57. The quantitative estimate of drug-likeness (QED) is 0.206. The van der Waals surface area contributed by atoms with Crippen molar-refractivity contribution in [2.75, 3.05) is 19.8 Å². The van der Waals surface area contributed by atoms with Crippen molar-refractivity contribution in [3.8, 4) is 0 Å². The Morgan fingerprint density at radius 1 is 1.21 bits per heavy atom. The van der Waals surface area contributed by atoms with Crippen LogP contribution in [0.3, 0.4) is 0 Å². The highest BCUT2D eigenvalue weighted by molar-refractivity contribution is 6.46. The van der Waals surface area contributed by atoms with Crippen molar-refractivity contribution < 1.29 is 9.31 Å². The number of nitrogens with zero attached hydrogens (tertiary/aromatic N) is 3. The Balaban J connectivity index is 2.50. The molecule has 0 saturated heterocycles. The summed E-state index contributed by atoms with van der Waals surface area (Å²) in [4.78, 5) is 2.81. The summed E-state index contributed by atoms with van der Waals surface area (Å²) in [6.45, 7) is 6.05. The molecule has 0 aromatic heterocycles. The normalized spacial score (nSPS) is 22.8. The summed E-state index contributed by atoms with van der Waals surface area (Å²) in [5.41, 5.74) is 8.30. The highest BCUT2D eigenvalue weighted by atomic mass is 16.6. The molecule has 0 aromatic carbocycles.